The maximum atomic E-state index is 11.9. The summed E-state index contributed by atoms with van der Waals surface area (Å²) in [6.07, 6.45) is 2.12. The molecule has 0 radical (unpaired) electrons. The van der Waals surface area contributed by atoms with Crippen molar-refractivity contribution in [3.8, 4) is 5.75 Å². The summed E-state index contributed by atoms with van der Waals surface area (Å²) in [5.41, 5.74) is 3.47. The lowest BCUT2D eigenvalue weighted by Crippen LogP contribution is -2.25. The highest BCUT2D eigenvalue weighted by Crippen LogP contribution is 2.28. The lowest BCUT2D eigenvalue weighted by Gasteiger charge is -2.13. The highest BCUT2D eigenvalue weighted by Gasteiger charge is 2.18. The maximum Gasteiger partial charge on any atom is 0.204 e. The van der Waals surface area contributed by atoms with Gasteiger partial charge < -0.3 is 15.2 Å². The summed E-state index contributed by atoms with van der Waals surface area (Å²) in [5, 5.41) is 21.7. The summed E-state index contributed by atoms with van der Waals surface area (Å²) < 4.78 is 7.45. The largest absolute Gasteiger partial charge is 0.496 e. The Kier molecular flexibility index (Phi) is 8.64. The summed E-state index contributed by atoms with van der Waals surface area (Å²) in [7, 11) is 1.65. The van der Waals surface area contributed by atoms with Crippen LogP contribution in [0.15, 0.2) is 12.1 Å². The van der Waals surface area contributed by atoms with Crippen molar-refractivity contribution in [1.29, 1.82) is 0 Å². The van der Waals surface area contributed by atoms with E-state index in [2.05, 4.69) is 15.5 Å². The topological polar surface area (TPSA) is 102 Å². The molecule has 8 nitrogen and oxygen atoms in total. The Labute approximate surface area is 189 Å². The van der Waals surface area contributed by atoms with Gasteiger partial charge in [0.15, 0.2) is 11.6 Å². The van der Waals surface area contributed by atoms with Crippen molar-refractivity contribution in [2.24, 2.45) is 5.92 Å². The van der Waals surface area contributed by atoms with E-state index in [0.29, 0.717) is 24.4 Å². The molecule has 1 aromatic carbocycles. The van der Waals surface area contributed by atoms with Crippen molar-refractivity contribution < 1.29 is 14.6 Å². The lowest BCUT2D eigenvalue weighted by atomic mass is 9.99. The number of aliphatic hydroxyl groups excluding tert-OH is 1. The zero-order valence-electron chi connectivity index (χ0n) is 18.9. The molecular formula is C22H33N5O3S. The van der Waals surface area contributed by atoms with Gasteiger partial charge in [0.1, 0.15) is 17.7 Å². The van der Waals surface area contributed by atoms with Crippen molar-refractivity contribution in [3.05, 3.63) is 23.5 Å². The Morgan fingerprint density at radius 1 is 1.19 bits per heavy atom. The van der Waals surface area contributed by atoms with E-state index in [0.717, 1.165) is 47.4 Å². The Morgan fingerprint density at radius 3 is 2.61 bits per heavy atom. The standard InChI is InChI=1S/C22H31N5O3.H2S/c1-13(2)20(29)18(28)9-7-6-8-10-23-21-22-26-25-15(4)27(22)17-11-14(3)19(30-5)12-16(17)24-21;/h11-13,20,29H,6-10H2,1-5H3,(H,23,24);1H2/t20-;/m0./s1. The molecule has 0 saturated carbocycles. The van der Waals surface area contributed by atoms with E-state index in [-0.39, 0.29) is 25.2 Å². The second-order valence-corrected chi connectivity index (χ2v) is 8.07. The van der Waals surface area contributed by atoms with Gasteiger partial charge in [-0.3, -0.25) is 9.20 Å². The van der Waals surface area contributed by atoms with Gasteiger partial charge in [0.2, 0.25) is 5.65 Å². The Hall–Kier alpha value is -2.39. The monoisotopic (exact) mass is 447 g/mol. The first-order valence-corrected chi connectivity index (χ1v) is 10.5. The Morgan fingerprint density at radius 2 is 1.94 bits per heavy atom. The quantitative estimate of drug-likeness (QED) is 0.458. The molecule has 2 N–H and O–H groups in total. The van der Waals surface area contributed by atoms with E-state index in [1.807, 2.05) is 44.2 Å². The molecule has 0 spiro atoms. The van der Waals surface area contributed by atoms with Gasteiger partial charge in [-0.25, -0.2) is 4.98 Å². The van der Waals surface area contributed by atoms with E-state index < -0.39 is 6.10 Å². The molecule has 3 rings (SSSR count). The molecule has 31 heavy (non-hydrogen) atoms. The van der Waals surface area contributed by atoms with Crippen molar-refractivity contribution in [1.82, 2.24) is 19.6 Å². The molecule has 9 heteroatoms. The first-order chi connectivity index (χ1) is 14.3. The summed E-state index contributed by atoms with van der Waals surface area (Å²) in [5.74, 6) is 2.17. The maximum absolute atomic E-state index is 11.9. The third kappa shape index (κ3) is 5.46. The number of methoxy groups -OCH3 is 1. The minimum absolute atomic E-state index is 0. The van der Waals surface area contributed by atoms with Crippen LogP contribution in [0, 0.1) is 19.8 Å². The first-order valence-electron chi connectivity index (χ1n) is 10.5. The van der Waals surface area contributed by atoms with E-state index >= 15 is 0 Å². The van der Waals surface area contributed by atoms with Crippen LogP contribution in [0.5, 0.6) is 5.75 Å². The molecular weight excluding hydrogens is 414 g/mol. The fourth-order valence-electron chi connectivity index (χ4n) is 3.57. The van der Waals surface area contributed by atoms with E-state index in [1.54, 1.807) is 7.11 Å². The van der Waals surface area contributed by atoms with Crippen LogP contribution in [-0.2, 0) is 4.79 Å². The fourth-order valence-corrected chi connectivity index (χ4v) is 3.57. The molecule has 3 aromatic rings. The number of rotatable bonds is 10. The van der Waals surface area contributed by atoms with Gasteiger partial charge >= 0.3 is 0 Å². The highest BCUT2D eigenvalue weighted by molar-refractivity contribution is 7.59. The third-order valence-corrected chi connectivity index (χ3v) is 5.36. The second-order valence-electron chi connectivity index (χ2n) is 8.07. The van der Waals surface area contributed by atoms with Crippen molar-refractivity contribution in [3.63, 3.8) is 0 Å². The molecule has 2 heterocycles. The van der Waals surface area contributed by atoms with Crippen LogP contribution in [0.25, 0.3) is 16.7 Å². The second kappa shape index (κ2) is 10.8. The van der Waals surface area contributed by atoms with Gasteiger partial charge in [0.05, 0.1) is 18.1 Å². The number of hydrogen-bond acceptors (Lipinski definition) is 7. The zero-order chi connectivity index (χ0) is 21.8. The first kappa shape index (κ1) is 24.9. The number of hydrogen-bond donors (Lipinski definition) is 2. The number of fused-ring (bicyclic) bond motifs is 3. The summed E-state index contributed by atoms with van der Waals surface area (Å²) in [6, 6.07) is 3.97. The predicted molar refractivity (Wildman–Crippen MR) is 128 cm³/mol. The molecule has 170 valence electrons. The number of aliphatic hydroxyl groups is 1. The van der Waals surface area contributed by atoms with Gasteiger partial charge in [-0.1, -0.05) is 20.3 Å². The van der Waals surface area contributed by atoms with Gasteiger partial charge in [-0.15, -0.1) is 10.2 Å². The molecule has 2 aromatic heterocycles. The van der Waals surface area contributed by atoms with Crippen LogP contribution in [0.3, 0.4) is 0 Å². The number of nitrogens with zero attached hydrogens (tertiary/aromatic N) is 4. The predicted octanol–water partition coefficient (Wildman–Crippen LogP) is 3.57. The average molecular weight is 448 g/mol. The van der Waals surface area contributed by atoms with Crippen molar-refractivity contribution >= 4 is 41.8 Å². The van der Waals surface area contributed by atoms with E-state index in [4.69, 9.17) is 9.72 Å². The summed E-state index contributed by atoms with van der Waals surface area (Å²) in [4.78, 5) is 16.6. The molecule has 0 saturated heterocycles. The minimum atomic E-state index is -0.852. The molecule has 0 aliphatic rings. The molecule has 0 amide bonds. The van der Waals surface area contributed by atoms with Crippen LogP contribution >= 0.6 is 13.5 Å². The van der Waals surface area contributed by atoms with Crippen LogP contribution in [0.1, 0.15) is 50.9 Å². The van der Waals surface area contributed by atoms with Crippen LogP contribution in [-0.4, -0.2) is 50.2 Å². The number of benzene rings is 1. The van der Waals surface area contributed by atoms with Gasteiger partial charge in [-0.2, -0.15) is 13.5 Å². The van der Waals surface area contributed by atoms with E-state index in [1.165, 1.54) is 0 Å². The molecule has 0 aliphatic heterocycles. The van der Waals surface area contributed by atoms with Gasteiger partial charge in [0, 0.05) is 19.0 Å². The molecule has 0 unspecified atom stereocenters. The normalized spacial score (nSPS) is 12.2. The number of aromatic nitrogens is 4. The highest BCUT2D eigenvalue weighted by atomic mass is 32.1. The van der Waals surface area contributed by atoms with Gasteiger partial charge in [0.25, 0.3) is 0 Å². The SMILES string of the molecule is COc1cc2nc(NCCCCCC(=O)[C@@H](O)C(C)C)c3nnc(C)n3c2cc1C.S. The van der Waals surface area contributed by atoms with Gasteiger partial charge in [-0.05, 0) is 44.2 Å². The molecule has 0 bridgehead atoms. The fraction of sp³-hybridized carbons (Fsp3) is 0.545. The van der Waals surface area contributed by atoms with Crippen molar-refractivity contribution in [2.75, 3.05) is 19.0 Å². The van der Waals surface area contributed by atoms with Crippen molar-refractivity contribution in [2.45, 2.75) is 59.5 Å². The average Bonchev–Trinajstić information content (AvgIpc) is 3.11. The minimum Gasteiger partial charge on any atom is -0.496 e. The lowest BCUT2D eigenvalue weighted by molar-refractivity contribution is -0.129. The van der Waals surface area contributed by atoms with Crippen LogP contribution in [0.2, 0.25) is 0 Å². The van der Waals surface area contributed by atoms with Crippen LogP contribution < -0.4 is 10.1 Å². The number of aryl methyl sites for hydroxylation is 2. The van der Waals surface area contributed by atoms with E-state index in [9.17, 15) is 9.90 Å². The number of nitrogens with one attached hydrogen (secondary N) is 1. The number of anilines is 1. The number of carbonyl (C=O) groups is 1. The number of ketones is 1. The molecule has 0 aliphatic carbocycles. The number of ether oxygens (including phenoxy) is 1. The number of Topliss-reactive ketones (excluding diaryl/α,β-unsaturated/α-hetero) is 1. The van der Waals surface area contributed by atoms with Crippen LogP contribution in [0.4, 0.5) is 5.82 Å². The number of unbranched alkanes of at least 4 members (excludes halogenated alkanes) is 2. The summed E-state index contributed by atoms with van der Waals surface area (Å²) in [6.45, 7) is 8.34. The third-order valence-electron chi connectivity index (χ3n) is 5.36. The number of carbonyl (C=O) groups excluding carboxylic acids is 1. The Balaban J connectivity index is 0.00000341. The summed E-state index contributed by atoms with van der Waals surface area (Å²) >= 11 is 0. The molecule has 1 atom stereocenters. The molecule has 0 fully saturated rings. The Bertz CT molecular complexity index is 1050. The smallest absolute Gasteiger partial charge is 0.204 e. The zero-order valence-corrected chi connectivity index (χ0v) is 19.9.